The molecule has 1 aromatic rings. The molecule has 0 aliphatic carbocycles. The number of para-hydroxylation sites is 1. The van der Waals surface area contributed by atoms with Gasteiger partial charge >= 0.3 is 0 Å². The molecule has 0 aliphatic heterocycles. The molecule has 0 spiro atoms. The Balaban J connectivity index is 2.35. The topological polar surface area (TPSA) is 41.1 Å². The van der Waals surface area contributed by atoms with Gasteiger partial charge in [-0.1, -0.05) is 39.8 Å². The Labute approximate surface area is 124 Å². The molecule has 0 heterocycles. The van der Waals surface area contributed by atoms with Gasteiger partial charge in [0.15, 0.2) is 0 Å². The summed E-state index contributed by atoms with van der Waals surface area (Å²) in [6, 6.07) is 7.60. The SMILES string of the molecule is CC(CNCC(=O)Nc1ccccc1Br)C(C)(C)C. The fourth-order valence-electron chi connectivity index (χ4n) is 1.47. The van der Waals surface area contributed by atoms with Gasteiger partial charge in [-0.25, -0.2) is 0 Å². The molecule has 1 amide bonds. The molecule has 0 saturated heterocycles. The Bertz CT molecular complexity index is 426. The first kappa shape index (κ1) is 16.2. The van der Waals surface area contributed by atoms with E-state index in [4.69, 9.17) is 0 Å². The van der Waals surface area contributed by atoms with Gasteiger partial charge in [0.25, 0.3) is 0 Å². The average Bonchev–Trinajstić information content (AvgIpc) is 2.31. The van der Waals surface area contributed by atoms with Crippen LogP contribution in [-0.4, -0.2) is 19.0 Å². The van der Waals surface area contributed by atoms with E-state index in [0.717, 1.165) is 16.7 Å². The molecule has 1 unspecified atom stereocenters. The molecule has 2 N–H and O–H groups in total. The van der Waals surface area contributed by atoms with Crippen LogP contribution in [0.3, 0.4) is 0 Å². The van der Waals surface area contributed by atoms with Crippen LogP contribution in [0.5, 0.6) is 0 Å². The lowest BCUT2D eigenvalue weighted by atomic mass is 9.82. The normalized spacial score (nSPS) is 13.1. The Kier molecular flexibility index (Phi) is 6.01. The lowest BCUT2D eigenvalue weighted by molar-refractivity contribution is -0.115. The monoisotopic (exact) mass is 326 g/mol. The summed E-state index contributed by atoms with van der Waals surface area (Å²) in [6.45, 7) is 9.99. The summed E-state index contributed by atoms with van der Waals surface area (Å²) in [7, 11) is 0. The molecular weight excluding hydrogens is 304 g/mol. The van der Waals surface area contributed by atoms with E-state index in [1.165, 1.54) is 0 Å². The Morgan fingerprint density at radius 2 is 1.95 bits per heavy atom. The first-order chi connectivity index (χ1) is 8.80. The predicted molar refractivity (Wildman–Crippen MR) is 84.3 cm³/mol. The second-order valence-electron chi connectivity index (χ2n) is 5.93. The minimum absolute atomic E-state index is 0.0204. The van der Waals surface area contributed by atoms with E-state index in [1.807, 2.05) is 24.3 Å². The number of nitrogens with one attached hydrogen (secondary N) is 2. The van der Waals surface area contributed by atoms with Crippen LogP contribution in [0.25, 0.3) is 0 Å². The number of carbonyl (C=O) groups excluding carboxylic acids is 1. The molecule has 106 valence electrons. The fraction of sp³-hybridized carbons (Fsp3) is 0.533. The second-order valence-corrected chi connectivity index (χ2v) is 6.78. The molecule has 0 bridgehead atoms. The third kappa shape index (κ3) is 5.74. The van der Waals surface area contributed by atoms with Crippen LogP contribution in [-0.2, 0) is 4.79 Å². The van der Waals surface area contributed by atoms with Crippen molar-refractivity contribution in [1.29, 1.82) is 0 Å². The van der Waals surface area contributed by atoms with Crippen LogP contribution in [0, 0.1) is 11.3 Å². The van der Waals surface area contributed by atoms with Crippen molar-refractivity contribution < 1.29 is 4.79 Å². The molecule has 0 radical (unpaired) electrons. The third-order valence-electron chi connectivity index (χ3n) is 3.36. The average molecular weight is 327 g/mol. The van der Waals surface area contributed by atoms with E-state index in [1.54, 1.807) is 0 Å². The van der Waals surface area contributed by atoms with Crippen molar-refractivity contribution in [3.8, 4) is 0 Å². The van der Waals surface area contributed by atoms with E-state index in [2.05, 4.69) is 54.3 Å². The van der Waals surface area contributed by atoms with Crippen LogP contribution < -0.4 is 10.6 Å². The maximum absolute atomic E-state index is 11.8. The molecule has 0 aliphatic rings. The largest absolute Gasteiger partial charge is 0.324 e. The first-order valence-electron chi connectivity index (χ1n) is 6.56. The minimum atomic E-state index is -0.0204. The fourth-order valence-corrected chi connectivity index (χ4v) is 1.85. The highest BCUT2D eigenvalue weighted by atomic mass is 79.9. The highest BCUT2D eigenvalue weighted by Gasteiger charge is 2.19. The lowest BCUT2D eigenvalue weighted by Gasteiger charge is -2.27. The maximum Gasteiger partial charge on any atom is 0.238 e. The quantitative estimate of drug-likeness (QED) is 0.866. The molecule has 1 rings (SSSR count). The van der Waals surface area contributed by atoms with Crippen molar-refractivity contribution in [2.45, 2.75) is 27.7 Å². The summed E-state index contributed by atoms with van der Waals surface area (Å²) in [5.41, 5.74) is 1.06. The Morgan fingerprint density at radius 1 is 1.32 bits per heavy atom. The van der Waals surface area contributed by atoms with E-state index in [9.17, 15) is 4.79 Å². The molecular formula is C15H23BrN2O. The van der Waals surface area contributed by atoms with Crippen LogP contribution >= 0.6 is 15.9 Å². The Morgan fingerprint density at radius 3 is 2.53 bits per heavy atom. The first-order valence-corrected chi connectivity index (χ1v) is 7.35. The van der Waals surface area contributed by atoms with Crippen LogP contribution in [0.4, 0.5) is 5.69 Å². The number of hydrogen-bond donors (Lipinski definition) is 2. The van der Waals surface area contributed by atoms with Gasteiger partial charge in [0, 0.05) is 4.47 Å². The van der Waals surface area contributed by atoms with Gasteiger partial charge in [-0.15, -0.1) is 0 Å². The van der Waals surface area contributed by atoms with Crippen molar-refractivity contribution in [3.63, 3.8) is 0 Å². The van der Waals surface area contributed by atoms with Crippen molar-refractivity contribution in [3.05, 3.63) is 28.7 Å². The zero-order chi connectivity index (χ0) is 14.5. The molecule has 4 heteroatoms. The van der Waals surface area contributed by atoms with Gasteiger partial charge in [-0.05, 0) is 45.9 Å². The van der Waals surface area contributed by atoms with E-state index in [-0.39, 0.29) is 11.3 Å². The number of hydrogen-bond acceptors (Lipinski definition) is 2. The molecule has 1 atom stereocenters. The summed E-state index contributed by atoms with van der Waals surface area (Å²) in [5.74, 6) is 0.497. The third-order valence-corrected chi connectivity index (χ3v) is 4.05. The molecule has 1 aromatic carbocycles. The summed E-state index contributed by atoms with van der Waals surface area (Å²) in [6.07, 6.45) is 0. The number of carbonyl (C=O) groups is 1. The van der Waals surface area contributed by atoms with Gasteiger partial charge < -0.3 is 10.6 Å². The van der Waals surface area contributed by atoms with E-state index < -0.39 is 0 Å². The predicted octanol–water partition coefficient (Wildman–Crippen LogP) is 3.66. The number of anilines is 1. The lowest BCUT2D eigenvalue weighted by Crippen LogP contribution is -2.34. The van der Waals surface area contributed by atoms with Crippen molar-refractivity contribution in [2.75, 3.05) is 18.4 Å². The minimum Gasteiger partial charge on any atom is -0.324 e. The molecule has 19 heavy (non-hydrogen) atoms. The van der Waals surface area contributed by atoms with Crippen LogP contribution in [0.2, 0.25) is 0 Å². The number of halogens is 1. The summed E-state index contributed by atoms with van der Waals surface area (Å²) in [5, 5.41) is 6.08. The zero-order valence-corrected chi connectivity index (χ0v) is 13.7. The summed E-state index contributed by atoms with van der Waals surface area (Å²) < 4.78 is 0.895. The van der Waals surface area contributed by atoms with Gasteiger partial charge in [0.1, 0.15) is 0 Å². The zero-order valence-electron chi connectivity index (χ0n) is 12.1. The molecule has 0 aromatic heterocycles. The maximum atomic E-state index is 11.8. The van der Waals surface area contributed by atoms with Crippen LogP contribution in [0.15, 0.2) is 28.7 Å². The standard InChI is InChI=1S/C15H23BrN2O/c1-11(15(2,3)4)9-17-10-14(19)18-13-8-6-5-7-12(13)16/h5-8,11,17H,9-10H2,1-4H3,(H,18,19). The van der Waals surface area contributed by atoms with E-state index in [0.29, 0.717) is 12.5 Å². The smallest absolute Gasteiger partial charge is 0.238 e. The summed E-state index contributed by atoms with van der Waals surface area (Å²) in [4.78, 5) is 11.8. The highest BCUT2D eigenvalue weighted by Crippen LogP contribution is 2.24. The molecule has 3 nitrogen and oxygen atoms in total. The van der Waals surface area contributed by atoms with Gasteiger partial charge in [-0.3, -0.25) is 4.79 Å². The van der Waals surface area contributed by atoms with Crippen molar-refractivity contribution in [1.82, 2.24) is 5.32 Å². The van der Waals surface area contributed by atoms with Crippen molar-refractivity contribution >= 4 is 27.5 Å². The summed E-state index contributed by atoms with van der Waals surface area (Å²) >= 11 is 3.41. The molecule has 0 fully saturated rings. The molecule has 0 saturated carbocycles. The number of amides is 1. The van der Waals surface area contributed by atoms with E-state index >= 15 is 0 Å². The van der Waals surface area contributed by atoms with Gasteiger partial charge in [0.2, 0.25) is 5.91 Å². The number of benzene rings is 1. The highest BCUT2D eigenvalue weighted by molar-refractivity contribution is 9.10. The van der Waals surface area contributed by atoms with Crippen molar-refractivity contribution in [2.24, 2.45) is 11.3 Å². The van der Waals surface area contributed by atoms with Gasteiger partial charge in [-0.2, -0.15) is 0 Å². The van der Waals surface area contributed by atoms with Crippen LogP contribution in [0.1, 0.15) is 27.7 Å². The van der Waals surface area contributed by atoms with Gasteiger partial charge in [0.05, 0.1) is 12.2 Å². The number of rotatable bonds is 5. The Hall–Kier alpha value is -0.870. The second kappa shape index (κ2) is 7.06.